The molecule has 0 spiro atoms. The van der Waals surface area contributed by atoms with E-state index in [9.17, 15) is 29.4 Å². The van der Waals surface area contributed by atoms with E-state index in [1.165, 1.54) is 12.2 Å². The molecule has 16 nitrogen and oxygen atoms in total. The number of allylic oxidation sites excluding steroid dienone is 2. The summed E-state index contributed by atoms with van der Waals surface area (Å²) in [5, 5.41) is 44.3. The van der Waals surface area contributed by atoms with Gasteiger partial charge >= 0.3 is 0 Å². The Morgan fingerprint density at radius 1 is 0.675 bits per heavy atom. The van der Waals surface area contributed by atoms with Gasteiger partial charge in [0.15, 0.2) is 0 Å². The number of carbonyl (C=O) groups excluding carboxylic acids is 4. The smallest absolute Gasteiger partial charge is 0.244 e. The molecular formula is C24H44N10O6. The van der Waals surface area contributed by atoms with Gasteiger partial charge in [-0.05, 0) is 12.8 Å². The lowest BCUT2D eigenvalue weighted by Crippen LogP contribution is -2.38. The van der Waals surface area contributed by atoms with Crippen LogP contribution in [-0.2, 0) is 19.2 Å². The van der Waals surface area contributed by atoms with E-state index in [0.29, 0.717) is 0 Å². The summed E-state index contributed by atoms with van der Waals surface area (Å²) >= 11 is 0. The van der Waals surface area contributed by atoms with Gasteiger partial charge in [-0.25, -0.2) is 0 Å². The van der Waals surface area contributed by atoms with Crippen molar-refractivity contribution in [1.29, 1.82) is 10.8 Å². The summed E-state index contributed by atoms with van der Waals surface area (Å²) < 4.78 is 0. The fourth-order valence-electron chi connectivity index (χ4n) is 3.17. The lowest BCUT2D eigenvalue weighted by molar-refractivity contribution is -0.122. The number of amidine groups is 2. The average molecular weight is 569 g/mol. The summed E-state index contributed by atoms with van der Waals surface area (Å²) in [4.78, 5) is 47.2. The van der Waals surface area contributed by atoms with Gasteiger partial charge in [-0.2, -0.15) is 0 Å². The summed E-state index contributed by atoms with van der Waals surface area (Å²) in [5.41, 5.74) is 22.1. The summed E-state index contributed by atoms with van der Waals surface area (Å²) in [5.74, 6) is -1.78. The van der Waals surface area contributed by atoms with Crippen LogP contribution in [0.15, 0.2) is 24.3 Å². The van der Waals surface area contributed by atoms with Crippen LogP contribution in [0.25, 0.3) is 0 Å². The molecule has 40 heavy (non-hydrogen) atoms. The predicted molar refractivity (Wildman–Crippen MR) is 150 cm³/mol. The van der Waals surface area contributed by atoms with Crippen LogP contribution in [0.3, 0.4) is 0 Å². The zero-order valence-corrected chi connectivity index (χ0v) is 22.5. The first kappa shape index (κ1) is 36.1. The minimum atomic E-state index is -0.973. The van der Waals surface area contributed by atoms with Gasteiger partial charge in [-0.1, -0.05) is 12.2 Å². The van der Waals surface area contributed by atoms with Crippen LogP contribution in [0.4, 0.5) is 0 Å². The second-order valence-electron chi connectivity index (χ2n) is 9.17. The van der Waals surface area contributed by atoms with E-state index in [4.69, 9.17) is 33.8 Å². The number of hydrogen-bond acceptors (Lipinski definition) is 10. The highest BCUT2D eigenvalue weighted by Gasteiger charge is 2.16. The number of aliphatic hydroxyl groups is 2. The lowest BCUT2D eigenvalue weighted by Gasteiger charge is -2.16. The Morgan fingerprint density at radius 2 is 1.02 bits per heavy atom. The zero-order valence-electron chi connectivity index (χ0n) is 22.5. The van der Waals surface area contributed by atoms with Crippen molar-refractivity contribution in [3.63, 3.8) is 0 Å². The van der Waals surface area contributed by atoms with E-state index >= 15 is 0 Å². The summed E-state index contributed by atoms with van der Waals surface area (Å²) in [7, 11) is 0. The predicted octanol–water partition coefficient (Wildman–Crippen LogP) is -3.85. The van der Waals surface area contributed by atoms with Crippen LogP contribution in [0.5, 0.6) is 0 Å². The van der Waals surface area contributed by atoms with E-state index in [2.05, 4.69) is 21.3 Å². The molecule has 0 aliphatic heterocycles. The molecule has 0 rings (SSSR count). The summed E-state index contributed by atoms with van der Waals surface area (Å²) in [6.07, 6.45) is 3.54. The van der Waals surface area contributed by atoms with Crippen molar-refractivity contribution < 1.29 is 29.4 Å². The molecule has 0 saturated carbocycles. The van der Waals surface area contributed by atoms with Crippen LogP contribution in [0.2, 0.25) is 0 Å². The zero-order chi connectivity index (χ0) is 30.5. The monoisotopic (exact) mass is 568 g/mol. The Morgan fingerprint density at radius 3 is 1.35 bits per heavy atom. The number of aliphatic hydroxyl groups excluding tert-OH is 2. The minimum absolute atomic E-state index is 0.0279. The number of amides is 4. The number of carbonyl (C=O) groups is 4. The van der Waals surface area contributed by atoms with Crippen LogP contribution in [-0.4, -0.2) is 96.0 Å². The Bertz CT molecular complexity index is 839. The SMILES string of the molecule is N=C(N)CCNC(=O)C[C@H](N)C[C@@H](O)CNC(=O)/C=C/C=C/C(=O)NC[C@H](O)C[C@@H](N)CC(=O)NCCC(=N)N. The molecule has 4 amide bonds. The van der Waals surface area contributed by atoms with Crippen molar-refractivity contribution in [3.8, 4) is 0 Å². The third-order valence-corrected chi connectivity index (χ3v) is 5.11. The van der Waals surface area contributed by atoms with Gasteiger partial charge in [0.25, 0.3) is 0 Å². The molecule has 4 atom stereocenters. The molecule has 0 aromatic rings. The van der Waals surface area contributed by atoms with E-state index in [1.54, 1.807) is 0 Å². The van der Waals surface area contributed by atoms with Gasteiger partial charge < -0.3 is 54.4 Å². The van der Waals surface area contributed by atoms with E-state index in [0.717, 1.165) is 12.2 Å². The number of rotatable bonds is 21. The van der Waals surface area contributed by atoms with Crippen LogP contribution < -0.4 is 44.2 Å². The second-order valence-corrected chi connectivity index (χ2v) is 9.17. The highest BCUT2D eigenvalue weighted by atomic mass is 16.3. The van der Waals surface area contributed by atoms with Crippen LogP contribution >= 0.6 is 0 Å². The molecule has 0 aromatic heterocycles. The van der Waals surface area contributed by atoms with E-state index in [-0.39, 0.29) is 88.2 Å². The highest BCUT2D eigenvalue weighted by molar-refractivity contribution is 5.89. The molecule has 0 saturated heterocycles. The molecular weight excluding hydrogens is 524 g/mol. The fraction of sp³-hybridized carbons (Fsp3) is 0.583. The van der Waals surface area contributed by atoms with E-state index < -0.39 is 36.1 Å². The maximum Gasteiger partial charge on any atom is 0.244 e. The molecule has 0 unspecified atom stereocenters. The molecule has 0 aliphatic rings. The van der Waals surface area contributed by atoms with Crippen molar-refractivity contribution in [1.82, 2.24) is 21.3 Å². The minimum Gasteiger partial charge on any atom is -0.391 e. The largest absolute Gasteiger partial charge is 0.391 e. The molecule has 0 aliphatic carbocycles. The molecule has 0 fully saturated rings. The topological polar surface area (TPSA) is 309 Å². The van der Waals surface area contributed by atoms with Gasteiger partial charge in [0, 0.05) is 76.1 Å². The lowest BCUT2D eigenvalue weighted by atomic mass is 10.1. The van der Waals surface area contributed by atoms with Gasteiger partial charge in [-0.15, -0.1) is 0 Å². The third kappa shape index (κ3) is 22.2. The summed E-state index contributed by atoms with van der Waals surface area (Å²) in [6, 6.07) is -1.25. The van der Waals surface area contributed by atoms with Crippen LogP contribution in [0, 0.1) is 10.8 Å². The Balaban J connectivity index is 4.14. The van der Waals surface area contributed by atoms with Crippen molar-refractivity contribution in [2.24, 2.45) is 22.9 Å². The Hall–Kier alpha value is -3.86. The van der Waals surface area contributed by atoms with E-state index in [1.807, 2.05) is 0 Å². The van der Waals surface area contributed by atoms with Crippen molar-refractivity contribution in [3.05, 3.63) is 24.3 Å². The quantitative estimate of drug-likeness (QED) is 0.0277. The first-order valence-electron chi connectivity index (χ1n) is 12.7. The standard InChI is InChI=1S/C24H44N10O6/c25-15(11-23(39)31-7-5-19(27)28)9-17(35)13-33-21(37)3-1-2-4-22(38)34-14-18(36)10-16(26)12-24(40)32-8-6-20(29)30/h1-4,15-18,35-36H,5-14,25-26H2,(H3,27,28)(H3,29,30)(H,31,39)(H,32,40)(H,33,37)(H,34,38)/b3-1+,4-2+/t15-,16-,17-,18-/m1/s1. The van der Waals surface area contributed by atoms with Gasteiger partial charge in [0.05, 0.1) is 23.9 Å². The van der Waals surface area contributed by atoms with Crippen LogP contribution in [0.1, 0.15) is 38.5 Å². The highest BCUT2D eigenvalue weighted by Crippen LogP contribution is 2.01. The van der Waals surface area contributed by atoms with Crippen molar-refractivity contribution in [2.75, 3.05) is 26.2 Å². The third-order valence-electron chi connectivity index (χ3n) is 5.11. The molecule has 0 radical (unpaired) electrons. The van der Waals surface area contributed by atoms with Gasteiger partial charge in [-0.3, -0.25) is 30.0 Å². The molecule has 16 heteroatoms. The maximum absolute atomic E-state index is 11.9. The number of nitrogens with two attached hydrogens (primary N) is 4. The normalized spacial score (nSPS) is 14.2. The van der Waals surface area contributed by atoms with Gasteiger partial charge in [0.2, 0.25) is 23.6 Å². The Labute approximate surface area is 233 Å². The first-order valence-corrected chi connectivity index (χ1v) is 12.7. The molecule has 16 N–H and O–H groups in total. The van der Waals surface area contributed by atoms with Crippen molar-refractivity contribution >= 4 is 35.3 Å². The molecule has 0 heterocycles. The molecule has 226 valence electrons. The molecule has 0 aromatic carbocycles. The number of hydrogen-bond donors (Lipinski definition) is 12. The Kier molecular flexibility index (Phi) is 19.0. The average Bonchev–Trinajstić information content (AvgIpc) is 2.83. The number of nitrogens with one attached hydrogen (secondary N) is 6. The first-order chi connectivity index (χ1) is 18.8. The fourth-order valence-corrected chi connectivity index (χ4v) is 3.17. The molecule has 0 bridgehead atoms. The van der Waals surface area contributed by atoms with Crippen molar-refractivity contribution in [2.45, 2.75) is 62.8 Å². The van der Waals surface area contributed by atoms with Gasteiger partial charge in [0.1, 0.15) is 0 Å². The second kappa shape index (κ2) is 21.0. The maximum atomic E-state index is 11.9. The summed E-state index contributed by atoms with van der Waals surface area (Å²) in [6.45, 7) is 0.275.